The van der Waals surface area contributed by atoms with Crippen molar-refractivity contribution in [3.05, 3.63) is 70.1 Å². The Morgan fingerprint density at radius 2 is 1.79 bits per heavy atom. The lowest BCUT2D eigenvalue weighted by molar-refractivity contribution is -0.128. The highest BCUT2D eigenvalue weighted by Gasteiger charge is 2.33. The molecule has 1 saturated heterocycles. The number of fused-ring (bicyclic) bond motifs is 1. The van der Waals surface area contributed by atoms with Gasteiger partial charge in [0.25, 0.3) is 11.8 Å². The Morgan fingerprint density at radius 3 is 2.53 bits per heavy atom. The summed E-state index contributed by atoms with van der Waals surface area (Å²) < 4.78 is 6.20. The van der Waals surface area contributed by atoms with Crippen LogP contribution in [-0.4, -0.2) is 48.1 Å². The molecule has 3 aromatic rings. The van der Waals surface area contributed by atoms with Crippen molar-refractivity contribution in [2.45, 2.75) is 78.0 Å². The summed E-state index contributed by atoms with van der Waals surface area (Å²) in [5.41, 5.74) is 4.09. The quantitative estimate of drug-likeness (QED) is 0.169. The summed E-state index contributed by atoms with van der Waals surface area (Å²) in [7, 11) is 0. The van der Waals surface area contributed by atoms with Crippen LogP contribution in [0.3, 0.4) is 0 Å². The number of hydrogen-bond donors (Lipinski definition) is 3. The number of nitrogens with zero attached hydrogens (tertiary/aromatic N) is 1. The maximum absolute atomic E-state index is 13.5. The minimum Gasteiger partial charge on any atom is -0.445 e. The molecule has 0 saturated carbocycles. The second-order valence-electron chi connectivity index (χ2n) is 11.9. The van der Waals surface area contributed by atoms with E-state index in [1.807, 2.05) is 68.4 Å². The van der Waals surface area contributed by atoms with Crippen LogP contribution in [0.1, 0.15) is 74.5 Å². The first kappa shape index (κ1) is 32.8. The lowest BCUT2D eigenvalue weighted by Gasteiger charge is -2.28. The molecule has 232 valence electrons. The highest BCUT2D eigenvalue weighted by molar-refractivity contribution is 7.21. The molecule has 1 aromatic heterocycles. The Hall–Kier alpha value is -3.14. The number of nitrogens with one attached hydrogen (secondary N) is 3. The highest BCUT2D eigenvalue weighted by atomic mass is 35.5. The molecule has 4 rings (SSSR count). The second-order valence-corrected chi connectivity index (χ2v) is 13.3. The van der Waals surface area contributed by atoms with Crippen LogP contribution in [0.15, 0.2) is 54.6 Å². The molecule has 2 aromatic carbocycles. The Bertz CT molecular complexity index is 1370. The molecule has 1 unspecified atom stereocenters. The molecule has 0 radical (unpaired) electrons. The maximum atomic E-state index is 13.5. The molecule has 1 aliphatic heterocycles. The molecular weight excluding hydrogens is 584 g/mol. The van der Waals surface area contributed by atoms with Crippen LogP contribution >= 0.6 is 22.9 Å². The fourth-order valence-corrected chi connectivity index (χ4v) is 6.93. The third-order valence-electron chi connectivity index (χ3n) is 7.64. The summed E-state index contributed by atoms with van der Waals surface area (Å²) in [6, 6.07) is 16.8. The van der Waals surface area contributed by atoms with Crippen molar-refractivity contribution < 1.29 is 19.1 Å². The summed E-state index contributed by atoms with van der Waals surface area (Å²) in [5.74, 6) is 0.154. The number of alkyl carbamates (subject to hydrolysis) is 1. The van der Waals surface area contributed by atoms with Crippen molar-refractivity contribution in [2.24, 2.45) is 11.8 Å². The number of benzene rings is 2. The lowest BCUT2D eigenvalue weighted by Crippen LogP contribution is -2.54. The van der Waals surface area contributed by atoms with Gasteiger partial charge in [0.15, 0.2) is 0 Å². The standard InChI is InChI=1S/C33H43ClN4O4S/c1-22(2)18-27(36-32(40)30-29(34)26-15-9-10-16-28(26)43-30)31(39)37-38-20-23(3)19-25(38)14-8-5-11-17-35-33(41)42-21-24-12-6-4-7-13-24/h4,6-7,9-10,12-13,15-16,22-23,25,27H,5,8,11,14,17-21H2,1-3H3,(H,35,41)(H,36,40)(H,37,39)/t23?,25-,27-/m0/s1. The largest absolute Gasteiger partial charge is 0.445 e. The number of carbonyl (C=O) groups is 3. The Balaban J connectivity index is 1.22. The smallest absolute Gasteiger partial charge is 0.407 e. The molecule has 43 heavy (non-hydrogen) atoms. The fraction of sp³-hybridized carbons (Fsp3) is 0.485. The zero-order valence-corrected chi connectivity index (χ0v) is 26.8. The molecule has 3 amide bonds. The number of hydrogen-bond acceptors (Lipinski definition) is 6. The maximum Gasteiger partial charge on any atom is 0.407 e. The molecule has 2 heterocycles. The van der Waals surface area contributed by atoms with E-state index in [-0.39, 0.29) is 30.4 Å². The van der Waals surface area contributed by atoms with Gasteiger partial charge in [0.2, 0.25) is 0 Å². The molecule has 1 fully saturated rings. The summed E-state index contributed by atoms with van der Waals surface area (Å²) in [5, 5.41) is 9.11. The van der Waals surface area contributed by atoms with Crippen molar-refractivity contribution >= 4 is 50.9 Å². The topological polar surface area (TPSA) is 99.8 Å². The fourth-order valence-electron chi connectivity index (χ4n) is 5.51. The third-order valence-corrected chi connectivity index (χ3v) is 9.32. The Kier molecular flexibility index (Phi) is 12.3. The van der Waals surface area contributed by atoms with Gasteiger partial charge in [0.05, 0.1) is 5.02 Å². The minimum absolute atomic E-state index is 0.198. The Morgan fingerprint density at radius 1 is 1.05 bits per heavy atom. The van der Waals surface area contributed by atoms with E-state index in [2.05, 4.69) is 28.0 Å². The van der Waals surface area contributed by atoms with Crippen molar-refractivity contribution in [1.82, 2.24) is 21.1 Å². The number of carbonyl (C=O) groups excluding carboxylic acids is 3. The van der Waals surface area contributed by atoms with Gasteiger partial charge in [0, 0.05) is 29.2 Å². The molecule has 10 heteroatoms. The van der Waals surface area contributed by atoms with E-state index < -0.39 is 12.1 Å². The Labute approximate surface area is 263 Å². The van der Waals surface area contributed by atoms with Gasteiger partial charge >= 0.3 is 6.09 Å². The zero-order valence-electron chi connectivity index (χ0n) is 25.2. The van der Waals surface area contributed by atoms with Gasteiger partial charge in [-0.25, -0.2) is 9.80 Å². The van der Waals surface area contributed by atoms with Crippen LogP contribution in [0.2, 0.25) is 5.02 Å². The van der Waals surface area contributed by atoms with Gasteiger partial charge < -0.3 is 15.4 Å². The second kappa shape index (κ2) is 16.1. The molecular formula is C33H43ClN4O4S. The van der Waals surface area contributed by atoms with Gasteiger partial charge in [-0.3, -0.25) is 15.0 Å². The summed E-state index contributed by atoms with van der Waals surface area (Å²) >= 11 is 7.88. The monoisotopic (exact) mass is 626 g/mol. The first-order valence-corrected chi connectivity index (χ1v) is 16.4. The molecule has 1 aliphatic rings. The van der Waals surface area contributed by atoms with E-state index in [4.69, 9.17) is 16.3 Å². The number of hydrazine groups is 1. The average molecular weight is 627 g/mol. The minimum atomic E-state index is -0.668. The highest BCUT2D eigenvalue weighted by Crippen LogP contribution is 2.35. The SMILES string of the molecule is CC(C)C[C@H](NC(=O)c1sc2ccccc2c1Cl)C(=O)NN1CC(C)C[C@@H]1CCCCCNC(=O)OCc1ccccc1. The third kappa shape index (κ3) is 9.68. The molecule has 3 N–H and O–H groups in total. The molecule has 0 aliphatic carbocycles. The lowest BCUT2D eigenvalue weighted by atomic mass is 10.0. The van der Waals surface area contributed by atoms with E-state index in [1.54, 1.807) is 0 Å². The van der Waals surface area contributed by atoms with Crippen LogP contribution in [0.4, 0.5) is 4.79 Å². The van der Waals surface area contributed by atoms with Gasteiger partial charge in [-0.1, -0.05) is 93.7 Å². The zero-order chi connectivity index (χ0) is 30.8. The first-order valence-electron chi connectivity index (χ1n) is 15.2. The van der Waals surface area contributed by atoms with E-state index in [9.17, 15) is 14.4 Å². The van der Waals surface area contributed by atoms with Crippen LogP contribution in [0.5, 0.6) is 0 Å². The van der Waals surface area contributed by atoms with E-state index in [1.165, 1.54) is 11.3 Å². The van der Waals surface area contributed by atoms with Crippen molar-refractivity contribution in [1.29, 1.82) is 0 Å². The molecule has 0 bridgehead atoms. The number of ether oxygens (including phenoxy) is 1. The van der Waals surface area contributed by atoms with E-state index in [0.717, 1.165) is 54.3 Å². The first-order chi connectivity index (χ1) is 20.7. The number of halogens is 1. The number of unbranched alkanes of at least 4 members (excludes halogenated alkanes) is 2. The number of rotatable bonds is 14. The van der Waals surface area contributed by atoms with Gasteiger partial charge in [-0.2, -0.15) is 0 Å². The van der Waals surface area contributed by atoms with Gasteiger partial charge in [-0.15, -0.1) is 11.3 Å². The molecule has 3 atom stereocenters. The number of thiophene rings is 1. The van der Waals surface area contributed by atoms with E-state index >= 15 is 0 Å². The molecule has 0 spiro atoms. The van der Waals surface area contributed by atoms with Gasteiger partial charge in [0.1, 0.15) is 17.5 Å². The summed E-state index contributed by atoms with van der Waals surface area (Å²) in [6.45, 7) is 7.87. The summed E-state index contributed by atoms with van der Waals surface area (Å²) in [6.07, 6.45) is 4.88. The van der Waals surface area contributed by atoms with Crippen LogP contribution in [0.25, 0.3) is 10.1 Å². The van der Waals surface area contributed by atoms with Gasteiger partial charge in [-0.05, 0) is 49.1 Å². The van der Waals surface area contributed by atoms with Crippen LogP contribution in [-0.2, 0) is 16.1 Å². The van der Waals surface area contributed by atoms with Crippen molar-refractivity contribution in [3.8, 4) is 0 Å². The predicted octanol–water partition coefficient (Wildman–Crippen LogP) is 6.93. The van der Waals surface area contributed by atoms with E-state index in [0.29, 0.717) is 28.8 Å². The average Bonchev–Trinajstić information content (AvgIpc) is 3.51. The van der Waals surface area contributed by atoms with Crippen LogP contribution < -0.4 is 16.1 Å². The predicted molar refractivity (Wildman–Crippen MR) is 173 cm³/mol. The van der Waals surface area contributed by atoms with Crippen molar-refractivity contribution in [3.63, 3.8) is 0 Å². The number of amides is 3. The van der Waals surface area contributed by atoms with Crippen LogP contribution in [0, 0.1) is 11.8 Å². The summed E-state index contributed by atoms with van der Waals surface area (Å²) in [4.78, 5) is 39.1. The van der Waals surface area contributed by atoms with Crippen molar-refractivity contribution in [2.75, 3.05) is 13.1 Å². The molecule has 8 nitrogen and oxygen atoms in total. The normalized spacial score (nSPS) is 17.6.